The minimum Gasteiger partial charge on any atom is -0.449 e. The quantitative estimate of drug-likeness (QED) is 0.411. The zero-order chi connectivity index (χ0) is 17.4. The van der Waals surface area contributed by atoms with Crippen LogP contribution >= 0.6 is 11.6 Å². The number of nitrogens with two attached hydrogens (primary N) is 2. The van der Waals surface area contributed by atoms with E-state index in [9.17, 15) is 14.4 Å². The van der Waals surface area contributed by atoms with Crippen LogP contribution in [0.1, 0.15) is 0 Å². The topological polar surface area (TPSA) is 147 Å². The van der Waals surface area contributed by atoms with Crippen molar-refractivity contribution in [3.05, 3.63) is 22.0 Å². The van der Waals surface area contributed by atoms with E-state index >= 15 is 0 Å². The molecule has 1 aliphatic carbocycles. The second-order valence-electron chi connectivity index (χ2n) is 6.15. The number of nitrogens with zero attached hydrogens (tertiary/aromatic N) is 1. The van der Waals surface area contributed by atoms with E-state index in [4.69, 9.17) is 32.5 Å². The lowest BCUT2D eigenvalue weighted by molar-refractivity contribution is -0.137. The number of ketones is 2. The van der Waals surface area contributed by atoms with Gasteiger partial charge in [-0.25, -0.2) is 4.79 Å². The van der Waals surface area contributed by atoms with Crippen LogP contribution in [0.15, 0.2) is 22.0 Å². The van der Waals surface area contributed by atoms with Gasteiger partial charge in [0, 0.05) is 25.3 Å². The Morgan fingerprint density at radius 1 is 1.46 bits per heavy atom. The summed E-state index contributed by atoms with van der Waals surface area (Å²) >= 11 is 5.94. The Morgan fingerprint density at radius 3 is 2.79 bits per heavy atom. The number of ether oxygens (including phenoxy) is 2. The van der Waals surface area contributed by atoms with E-state index in [-0.39, 0.29) is 40.7 Å². The van der Waals surface area contributed by atoms with Gasteiger partial charge in [0.25, 0.3) is 0 Å². The molecule has 0 radical (unpaired) electrons. The molecule has 10 heteroatoms. The summed E-state index contributed by atoms with van der Waals surface area (Å²) in [6, 6.07) is 0.0233. The van der Waals surface area contributed by atoms with Gasteiger partial charge in [-0.3, -0.25) is 9.59 Å². The highest BCUT2D eigenvalue weighted by Crippen LogP contribution is 2.55. The van der Waals surface area contributed by atoms with Crippen molar-refractivity contribution < 1.29 is 23.9 Å². The summed E-state index contributed by atoms with van der Waals surface area (Å²) in [5.41, 5.74) is 9.78. The third-order valence-corrected chi connectivity index (χ3v) is 5.54. The predicted octanol–water partition coefficient (Wildman–Crippen LogP) is -1.47. The molecule has 0 unspecified atom stereocenters. The molecule has 3 aliphatic heterocycles. The van der Waals surface area contributed by atoms with Crippen LogP contribution in [0.25, 0.3) is 0 Å². The van der Waals surface area contributed by atoms with Crippen molar-refractivity contribution in [3.8, 4) is 0 Å². The zero-order valence-corrected chi connectivity index (χ0v) is 13.4. The molecule has 0 spiro atoms. The second-order valence-corrected chi connectivity index (χ2v) is 6.53. The smallest absolute Gasteiger partial charge is 0.404 e. The summed E-state index contributed by atoms with van der Waals surface area (Å²) in [5.74, 6) is -1.77. The number of Topliss-reactive ketones (excluding diaryl/α,β-unsaturated/α-hetero) is 2. The number of allylic oxidation sites excluding steroid dienone is 2. The summed E-state index contributed by atoms with van der Waals surface area (Å²) < 4.78 is 10.7. The molecule has 0 aromatic carbocycles. The van der Waals surface area contributed by atoms with Crippen LogP contribution < -0.4 is 16.8 Å². The predicted molar refractivity (Wildman–Crippen MR) is 80.3 cm³/mol. The van der Waals surface area contributed by atoms with E-state index in [0.29, 0.717) is 6.54 Å². The number of hydrogen-bond donors (Lipinski definition) is 3. The highest BCUT2D eigenvalue weighted by atomic mass is 35.5. The van der Waals surface area contributed by atoms with E-state index < -0.39 is 29.3 Å². The number of amides is 1. The standard InChI is InChI=1S/C14H15ClN4O5/c1-23-14-4(3-24-13(17)22)6-9(19(14)2-5-12(14)18-5)11(21)7(15)8(16)10(6)20/h4-5,12,18H,2-3,16H2,1H3,(H2,17,22)/t4-,5+,12+,14-/m1/s1. The highest BCUT2D eigenvalue weighted by Gasteiger charge is 2.72. The van der Waals surface area contributed by atoms with Crippen molar-refractivity contribution >= 4 is 29.3 Å². The Bertz CT molecular complexity index is 762. The van der Waals surface area contributed by atoms with Gasteiger partial charge in [-0.15, -0.1) is 0 Å². The van der Waals surface area contributed by atoms with Crippen LogP contribution in [0.2, 0.25) is 0 Å². The molecule has 0 aromatic rings. The number of carbonyl (C=O) groups is 3. The van der Waals surface area contributed by atoms with Gasteiger partial charge in [0.1, 0.15) is 17.3 Å². The van der Waals surface area contributed by atoms with Crippen LogP contribution in [0.4, 0.5) is 4.79 Å². The molecular formula is C14H15ClN4O5. The Balaban J connectivity index is 1.85. The van der Waals surface area contributed by atoms with Crippen molar-refractivity contribution in [2.45, 2.75) is 17.8 Å². The summed E-state index contributed by atoms with van der Waals surface area (Å²) in [7, 11) is 1.48. The van der Waals surface area contributed by atoms with Crippen molar-refractivity contribution in [2.75, 3.05) is 20.3 Å². The third-order valence-electron chi connectivity index (χ3n) is 5.17. The number of halogens is 1. The van der Waals surface area contributed by atoms with Crippen LogP contribution in [-0.2, 0) is 19.1 Å². The molecule has 2 fully saturated rings. The van der Waals surface area contributed by atoms with Gasteiger partial charge in [0.15, 0.2) is 5.72 Å². The van der Waals surface area contributed by atoms with Crippen LogP contribution in [-0.4, -0.2) is 60.6 Å². The molecule has 9 nitrogen and oxygen atoms in total. The number of rotatable bonds is 3. The van der Waals surface area contributed by atoms with E-state index in [1.165, 1.54) is 7.11 Å². The van der Waals surface area contributed by atoms with Gasteiger partial charge in [0.2, 0.25) is 11.6 Å². The number of primary amides is 1. The molecule has 3 heterocycles. The molecule has 5 N–H and O–H groups in total. The molecule has 24 heavy (non-hydrogen) atoms. The summed E-state index contributed by atoms with van der Waals surface area (Å²) in [6.07, 6.45) is -0.976. The van der Waals surface area contributed by atoms with Crippen molar-refractivity contribution in [1.82, 2.24) is 10.2 Å². The molecule has 2 saturated heterocycles. The Hall–Kier alpha value is -2.10. The largest absolute Gasteiger partial charge is 0.449 e. The molecule has 4 aliphatic rings. The molecular weight excluding hydrogens is 340 g/mol. The summed E-state index contributed by atoms with van der Waals surface area (Å²) in [4.78, 5) is 38.1. The maximum Gasteiger partial charge on any atom is 0.404 e. The van der Waals surface area contributed by atoms with E-state index in [1.54, 1.807) is 4.90 Å². The van der Waals surface area contributed by atoms with E-state index in [0.717, 1.165) is 0 Å². The van der Waals surface area contributed by atoms with Crippen LogP contribution in [0.3, 0.4) is 0 Å². The Kier molecular flexibility index (Phi) is 3.03. The number of methoxy groups -OCH3 is 1. The minimum absolute atomic E-state index is 0.102. The molecule has 4 atom stereocenters. The van der Waals surface area contributed by atoms with E-state index in [1.807, 2.05) is 0 Å². The average molecular weight is 355 g/mol. The van der Waals surface area contributed by atoms with Crippen LogP contribution in [0.5, 0.6) is 0 Å². The van der Waals surface area contributed by atoms with Crippen molar-refractivity contribution in [2.24, 2.45) is 17.4 Å². The average Bonchev–Trinajstić information content (AvgIpc) is 3.16. The van der Waals surface area contributed by atoms with Gasteiger partial charge in [0.05, 0.1) is 17.7 Å². The van der Waals surface area contributed by atoms with Gasteiger partial charge in [-0.1, -0.05) is 11.6 Å². The van der Waals surface area contributed by atoms with Gasteiger partial charge in [-0.05, 0) is 0 Å². The SMILES string of the molecule is CO[C@@]12[C@H](COC(N)=O)C3=C(C(=O)C(Cl)=C(N)C3=O)N1C[C@@H]1N[C@@H]12. The third kappa shape index (κ3) is 1.64. The van der Waals surface area contributed by atoms with Crippen molar-refractivity contribution in [1.29, 1.82) is 0 Å². The summed E-state index contributed by atoms with van der Waals surface area (Å²) in [6.45, 7) is 0.279. The maximum atomic E-state index is 12.7. The lowest BCUT2D eigenvalue weighted by Gasteiger charge is -2.39. The number of fused-ring (bicyclic) bond motifs is 4. The summed E-state index contributed by atoms with van der Waals surface area (Å²) in [5, 5.41) is 2.95. The first-order valence-electron chi connectivity index (χ1n) is 7.34. The number of piperazine rings is 1. The zero-order valence-electron chi connectivity index (χ0n) is 12.7. The fraction of sp³-hybridized carbons (Fsp3) is 0.500. The fourth-order valence-corrected chi connectivity index (χ4v) is 4.34. The highest BCUT2D eigenvalue weighted by molar-refractivity contribution is 6.49. The molecule has 128 valence electrons. The molecule has 1 amide bonds. The lowest BCUT2D eigenvalue weighted by atomic mass is 9.84. The van der Waals surface area contributed by atoms with Crippen LogP contribution in [0, 0.1) is 5.92 Å². The molecule has 0 bridgehead atoms. The number of nitrogens with one attached hydrogen (secondary N) is 1. The van der Waals surface area contributed by atoms with Crippen molar-refractivity contribution in [3.63, 3.8) is 0 Å². The lowest BCUT2D eigenvalue weighted by Crippen LogP contribution is -2.55. The molecule has 0 saturated carbocycles. The van der Waals surface area contributed by atoms with Gasteiger partial charge in [-0.2, -0.15) is 0 Å². The first-order valence-corrected chi connectivity index (χ1v) is 7.72. The fourth-order valence-electron chi connectivity index (χ4n) is 4.17. The van der Waals surface area contributed by atoms with Gasteiger partial charge >= 0.3 is 6.09 Å². The second kappa shape index (κ2) is 4.71. The first kappa shape index (κ1) is 15.4. The Morgan fingerprint density at radius 2 is 2.17 bits per heavy atom. The maximum absolute atomic E-state index is 12.7. The minimum atomic E-state index is -1.02. The Labute approximate surface area is 141 Å². The monoisotopic (exact) mass is 354 g/mol. The molecule has 0 aromatic heterocycles. The normalized spacial score (nSPS) is 36.8. The van der Waals surface area contributed by atoms with Gasteiger partial charge < -0.3 is 31.2 Å². The molecule has 4 rings (SSSR count). The number of carbonyl (C=O) groups excluding carboxylic acids is 3. The van der Waals surface area contributed by atoms with E-state index in [2.05, 4.69) is 5.32 Å². The number of hydrogen-bond acceptors (Lipinski definition) is 8. The first-order chi connectivity index (χ1) is 11.3.